The molecule has 1 amide bonds. The number of carbonyl (C=O) groups excluding carboxylic acids is 1. The van der Waals surface area contributed by atoms with Crippen molar-refractivity contribution in [2.45, 2.75) is 25.1 Å². The number of nitrogens with one attached hydrogen (secondary N) is 1. The first kappa shape index (κ1) is 21.8. The van der Waals surface area contributed by atoms with Gasteiger partial charge in [0.05, 0.1) is 29.4 Å². The average Bonchev–Trinajstić information content (AvgIpc) is 3.15. The predicted octanol–water partition coefficient (Wildman–Crippen LogP) is 4.01. The topological polar surface area (TPSA) is 58.1 Å². The van der Waals surface area contributed by atoms with Crippen molar-refractivity contribution < 1.29 is 18.0 Å². The third-order valence-corrected chi connectivity index (χ3v) is 5.00. The number of benzene rings is 1. The molecule has 1 aromatic carbocycles. The first-order valence-electron chi connectivity index (χ1n) is 9.29. The molecule has 1 N–H and O–H groups in total. The largest absolute Gasteiger partial charge is 0.417 e. The molecule has 30 heavy (non-hydrogen) atoms. The van der Waals surface area contributed by atoms with Crippen LogP contribution in [0.4, 0.5) is 18.9 Å². The van der Waals surface area contributed by atoms with Gasteiger partial charge in [-0.3, -0.25) is 14.8 Å². The van der Waals surface area contributed by atoms with E-state index in [1.54, 1.807) is 6.20 Å². The number of aromatic nitrogens is 2. The summed E-state index contributed by atoms with van der Waals surface area (Å²) < 4.78 is 38.7. The SMILES string of the molecule is Cl.O=C(Cc1ccc2cccnc2c1)N[C@@H]1CCN(c2cncc(C(F)(F)F)c2)C1. The van der Waals surface area contributed by atoms with Crippen LogP contribution in [0.5, 0.6) is 0 Å². The van der Waals surface area contributed by atoms with E-state index in [4.69, 9.17) is 0 Å². The van der Waals surface area contributed by atoms with E-state index in [9.17, 15) is 18.0 Å². The lowest BCUT2D eigenvalue weighted by molar-refractivity contribution is -0.137. The molecule has 0 unspecified atom stereocenters. The van der Waals surface area contributed by atoms with Gasteiger partial charge in [0.1, 0.15) is 0 Å². The molecule has 2 aromatic heterocycles. The zero-order chi connectivity index (χ0) is 20.4. The zero-order valence-electron chi connectivity index (χ0n) is 15.9. The van der Waals surface area contributed by atoms with Crippen LogP contribution < -0.4 is 10.2 Å². The maximum atomic E-state index is 12.9. The zero-order valence-corrected chi connectivity index (χ0v) is 16.7. The molecular weight excluding hydrogens is 417 g/mol. The van der Waals surface area contributed by atoms with Crippen LogP contribution in [0.3, 0.4) is 0 Å². The van der Waals surface area contributed by atoms with Crippen LogP contribution in [0, 0.1) is 0 Å². The first-order valence-corrected chi connectivity index (χ1v) is 9.29. The summed E-state index contributed by atoms with van der Waals surface area (Å²) in [7, 11) is 0. The standard InChI is InChI=1S/C21H19F3N4O.ClH/c22-21(23,24)16-10-18(12-25-11-16)28-7-5-17(13-28)27-20(29)9-14-3-4-15-2-1-6-26-19(15)8-14;/h1-4,6,8,10-12,17H,5,7,9,13H2,(H,27,29);1H/t17-;/m1./s1. The van der Waals surface area contributed by atoms with E-state index in [0.717, 1.165) is 28.7 Å². The molecule has 0 radical (unpaired) electrons. The summed E-state index contributed by atoms with van der Waals surface area (Å²) in [4.78, 5) is 22.2. The normalized spacial score (nSPS) is 16.4. The van der Waals surface area contributed by atoms with Crippen molar-refractivity contribution in [2.24, 2.45) is 0 Å². The minimum Gasteiger partial charge on any atom is -0.368 e. The number of hydrogen-bond acceptors (Lipinski definition) is 4. The van der Waals surface area contributed by atoms with Gasteiger partial charge in [0.25, 0.3) is 0 Å². The number of amides is 1. The third-order valence-electron chi connectivity index (χ3n) is 5.00. The minimum atomic E-state index is -4.43. The number of carbonyl (C=O) groups is 1. The molecule has 1 aliphatic rings. The van der Waals surface area contributed by atoms with Gasteiger partial charge in [-0.1, -0.05) is 18.2 Å². The summed E-state index contributed by atoms with van der Waals surface area (Å²) in [5.41, 5.74) is 1.34. The van der Waals surface area contributed by atoms with Crippen molar-refractivity contribution in [3.05, 3.63) is 66.1 Å². The van der Waals surface area contributed by atoms with Crippen molar-refractivity contribution in [3.8, 4) is 0 Å². The van der Waals surface area contributed by atoms with Gasteiger partial charge >= 0.3 is 6.18 Å². The Balaban J connectivity index is 0.00000256. The number of halogens is 4. The summed E-state index contributed by atoms with van der Waals surface area (Å²) in [5.74, 6) is -0.116. The maximum absolute atomic E-state index is 12.9. The summed E-state index contributed by atoms with van der Waals surface area (Å²) in [6, 6.07) is 10.5. The molecule has 1 aliphatic heterocycles. The number of hydrogen-bond donors (Lipinski definition) is 1. The lowest BCUT2D eigenvalue weighted by Gasteiger charge is -2.20. The summed E-state index contributed by atoms with van der Waals surface area (Å²) in [5, 5.41) is 3.99. The molecule has 1 saturated heterocycles. The van der Waals surface area contributed by atoms with Gasteiger partial charge in [-0.2, -0.15) is 13.2 Å². The Morgan fingerprint density at radius 1 is 1.20 bits per heavy atom. The predicted molar refractivity (Wildman–Crippen MR) is 111 cm³/mol. The Morgan fingerprint density at radius 2 is 2.03 bits per heavy atom. The van der Waals surface area contributed by atoms with Crippen LogP contribution >= 0.6 is 12.4 Å². The Labute approximate surface area is 177 Å². The fraction of sp³-hybridized carbons (Fsp3) is 0.286. The maximum Gasteiger partial charge on any atom is 0.417 e. The molecule has 0 bridgehead atoms. The van der Waals surface area contributed by atoms with Crippen molar-refractivity contribution in [1.29, 1.82) is 0 Å². The lowest BCUT2D eigenvalue weighted by Crippen LogP contribution is -2.38. The van der Waals surface area contributed by atoms with E-state index >= 15 is 0 Å². The first-order chi connectivity index (χ1) is 13.9. The molecule has 3 heterocycles. The van der Waals surface area contributed by atoms with E-state index in [1.165, 1.54) is 6.20 Å². The summed E-state index contributed by atoms with van der Waals surface area (Å²) >= 11 is 0. The summed E-state index contributed by atoms with van der Waals surface area (Å²) in [6.07, 6.45) is 0.418. The molecular formula is C21H20ClF3N4O. The van der Waals surface area contributed by atoms with E-state index in [2.05, 4.69) is 15.3 Å². The molecule has 0 saturated carbocycles. The highest BCUT2D eigenvalue weighted by molar-refractivity contribution is 5.85. The van der Waals surface area contributed by atoms with Gasteiger partial charge in [0.15, 0.2) is 0 Å². The van der Waals surface area contributed by atoms with Gasteiger partial charge in [-0.25, -0.2) is 0 Å². The molecule has 1 fully saturated rings. The van der Waals surface area contributed by atoms with Gasteiger partial charge in [0.2, 0.25) is 5.91 Å². The Morgan fingerprint density at radius 3 is 2.83 bits per heavy atom. The number of alkyl halides is 3. The molecule has 4 rings (SSSR count). The number of fused-ring (bicyclic) bond motifs is 1. The van der Waals surface area contributed by atoms with Gasteiger partial charge < -0.3 is 10.2 Å². The van der Waals surface area contributed by atoms with Crippen molar-refractivity contribution in [2.75, 3.05) is 18.0 Å². The lowest BCUT2D eigenvalue weighted by atomic mass is 10.1. The monoisotopic (exact) mass is 436 g/mol. The highest BCUT2D eigenvalue weighted by Gasteiger charge is 2.32. The number of nitrogens with zero attached hydrogens (tertiary/aromatic N) is 3. The minimum absolute atomic E-state index is 0. The van der Waals surface area contributed by atoms with Crippen LogP contribution in [0.2, 0.25) is 0 Å². The second-order valence-electron chi connectivity index (χ2n) is 7.14. The van der Waals surface area contributed by atoms with E-state index in [1.807, 2.05) is 35.2 Å². The molecule has 0 aliphatic carbocycles. The van der Waals surface area contributed by atoms with E-state index < -0.39 is 11.7 Å². The van der Waals surface area contributed by atoms with E-state index in [-0.39, 0.29) is 30.8 Å². The molecule has 1 atom stereocenters. The number of anilines is 1. The van der Waals surface area contributed by atoms with E-state index in [0.29, 0.717) is 25.2 Å². The average molecular weight is 437 g/mol. The molecule has 9 heteroatoms. The fourth-order valence-corrected chi connectivity index (χ4v) is 3.55. The van der Waals surface area contributed by atoms with Crippen LogP contribution in [-0.2, 0) is 17.4 Å². The van der Waals surface area contributed by atoms with Gasteiger partial charge in [0, 0.05) is 36.9 Å². The third kappa shape index (κ3) is 4.99. The van der Waals surface area contributed by atoms with Crippen LogP contribution in [0.25, 0.3) is 10.9 Å². The summed E-state index contributed by atoms with van der Waals surface area (Å²) in [6.45, 7) is 1.02. The fourth-order valence-electron chi connectivity index (χ4n) is 3.55. The highest BCUT2D eigenvalue weighted by Crippen LogP contribution is 2.31. The Hall–Kier alpha value is -2.87. The van der Waals surface area contributed by atoms with Crippen LogP contribution in [0.15, 0.2) is 55.0 Å². The van der Waals surface area contributed by atoms with Gasteiger partial charge in [-0.05, 0) is 30.2 Å². The molecule has 158 valence electrons. The molecule has 0 spiro atoms. The second-order valence-corrected chi connectivity index (χ2v) is 7.14. The Kier molecular flexibility index (Phi) is 6.45. The quantitative estimate of drug-likeness (QED) is 0.671. The molecule has 5 nitrogen and oxygen atoms in total. The smallest absolute Gasteiger partial charge is 0.368 e. The van der Waals surface area contributed by atoms with Crippen molar-refractivity contribution in [1.82, 2.24) is 15.3 Å². The Bertz CT molecular complexity index is 1040. The number of pyridine rings is 2. The van der Waals surface area contributed by atoms with Crippen LogP contribution in [-0.4, -0.2) is 35.0 Å². The number of rotatable bonds is 4. The van der Waals surface area contributed by atoms with Gasteiger partial charge in [-0.15, -0.1) is 12.4 Å². The van der Waals surface area contributed by atoms with Crippen molar-refractivity contribution >= 4 is 34.9 Å². The van der Waals surface area contributed by atoms with Crippen molar-refractivity contribution in [3.63, 3.8) is 0 Å². The highest BCUT2D eigenvalue weighted by atomic mass is 35.5. The van der Waals surface area contributed by atoms with Crippen LogP contribution in [0.1, 0.15) is 17.5 Å². The molecule has 3 aromatic rings. The second kappa shape index (κ2) is 8.87.